The van der Waals surface area contributed by atoms with E-state index in [4.69, 9.17) is 0 Å². The van der Waals surface area contributed by atoms with Crippen LogP contribution in [0.2, 0.25) is 0 Å². The maximum atomic E-state index is 10.6. The maximum absolute atomic E-state index is 10.6. The lowest BCUT2D eigenvalue weighted by Crippen LogP contribution is -1.91. The summed E-state index contributed by atoms with van der Waals surface area (Å²) in [6, 6.07) is 0. The van der Waals surface area contributed by atoms with Crippen LogP contribution >= 0.6 is 11.8 Å². The molecule has 1 heterocycles. The summed E-state index contributed by atoms with van der Waals surface area (Å²) in [5.74, 6) is 1.77. The van der Waals surface area contributed by atoms with E-state index in [2.05, 4.69) is 15.2 Å². The molecule has 4 nitrogen and oxygen atoms in total. The van der Waals surface area contributed by atoms with Gasteiger partial charge in [0.1, 0.15) is 11.6 Å². The Balaban J connectivity index is 2.29. The zero-order valence-electron chi connectivity index (χ0n) is 7.13. The molecule has 0 unspecified atom stereocenters. The molecule has 1 rings (SSSR count). The van der Waals surface area contributed by atoms with Gasteiger partial charge in [0.05, 0.1) is 0 Å². The average Bonchev–Trinajstić information content (AvgIpc) is 2.35. The Morgan fingerprint density at radius 1 is 1.67 bits per heavy atom. The molecule has 0 saturated heterocycles. The van der Waals surface area contributed by atoms with Gasteiger partial charge in [-0.25, -0.2) is 4.98 Å². The molecule has 66 valence electrons. The number of carbonyl (C=O) groups excluding carboxylic acids is 1. The van der Waals surface area contributed by atoms with Crippen LogP contribution in [-0.2, 0) is 4.79 Å². The second-order valence-electron chi connectivity index (χ2n) is 2.50. The van der Waals surface area contributed by atoms with Crippen LogP contribution in [-0.4, -0.2) is 26.7 Å². The Morgan fingerprint density at radius 3 is 2.92 bits per heavy atom. The van der Waals surface area contributed by atoms with E-state index in [-0.39, 0.29) is 5.78 Å². The highest BCUT2D eigenvalue weighted by atomic mass is 32.2. The van der Waals surface area contributed by atoms with Crippen molar-refractivity contribution in [3.05, 3.63) is 5.82 Å². The predicted octanol–water partition coefficient (Wildman–Crippen LogP) is 1.18. The third-order valence-electron chi connectivity index (χ3n) is 1.26. The van der Waals surface area contributed by atoms with Gasteiger partial charge in [-0.3, -0.25) is 9.89 Å². The summed E-state index contributed by atoms with van der Waals surface area (Å²) in [4.78, 5) is 14.7. The van der Waals surface area contributed by atoms with E-state index in [1.54, 1.807) is 6.92 Å². The molecule has 0 radical (unpaired) electrons. The minimum Gasteiger partial charge on any atom is -0.300 e. The molecular weight excluding hydrogens is 174 g/mol. The highest BCUT2D eigenvalue weighted by molar-refractivity contribution is 7.99. The lowest BCUT2D eigenvalue weighted by molar-refractivity contribution is -0.116. The summed E-state index contributed by atoms with van der Waals surface area (Å²) in [6.45, 7) is 3.44. The molecular formula is C7H11N3OS. The lowest BCUT2D eigenvalue weighted by atomic mass is 10.4. The van der Waals surface area contributed by atoms with Gasteiger partial charge in [0.2, 0.25) is 5.16 Å². The Hall–Kier alpha value is -0.840. The first-order valence-electron chi connectivity index (χ1n) is 3.69. The zero-order chi connectivity index (χ0) is 8.97. The lowest BCUT2D eigenvalue weighted by Gasteiger charge is -1.91. The van der Waals surface area contributed by atoms with Gasteiger partial charge in [-0.15, -0.1) is 5.10 Å². The second-order valence-corrected chi connectivity index (χ2v) is 3.57. The van der Waals surface area contributed by atoms with E-state index in [0.29, 0.717) is 11.6 Å². The number of ketones is 1. The second kappa shape index (κ2) is 4.25. The third kappa shape index (κ3) is 3.04. The molecule has 0 spiro atoms. The van der Waals surface area contributed by atoms with E-state index >= 15 is 0 Å². The first-order chi connectivity index (χ1) is 5.68. The van der Waals surface area contributed by atoms with E-state index in [1.165, 1.54) is 11.8 Å². The van der Waals surface area contributed by atoms with Crippen LogP contribution in [0.4, 0.5) is 0 Å². The summed E-state index contributed by atoms with van der Waals surface area (Å²) in [7, 11) is 0. The van der Waals surface area contributed by atoms with Crippen LogP contribution < -0.4 is 0 Å². The number of Topliss-reactive ketones (excluding diaryl/α,β-unsaturated/α-hetero) is 1. The van der Waals surface area contributed by atoms with Crippen molar-refractivity contribution in [3.8, 4) is 0 Å². The number of nitrogens with zero attached hydrogens (tertiary/aromatic N) is 2. The van der Waals surface area contributed by atoms with Gasteiger partial charge < -0.3 is 0 Å². The third-order valence-corrected chi connectivity index (χ3v) is 2.11. The molecule has 0 bridgehead atoms. The first kappa shape index (κ1) is 9.25. The fourth-order valence-electron chi connectivity index (χ4n) is 0.673. The number of aromatic amines is 1. The minimum atomic E-state index is 0.203. The molecule has 0 amide bonds. The van der Waals surface area contributed by atoms with Crippen molar-refractivity contribution in [2.24, 2.45) is 0 Å². The topological polar surface area (TPSA) is 58.6 Å². The van der Waals surface area contributed by atoms with Crippen LogP contribution in [0.25, 0.3) is 0 Å². The van der Waals surface area contributed by atoms with Crippen LogP contribution in [0.1, 0.15) is 19.2 Å². The van der Waals surface area contributed by atoms with Crippen molar-refractivity contribution in [2.75, 3.05) is 5.75 Å². The Kier molecular flexibility index (Phi) is 3.28. The number of nitrogens with one attached hydrogen (secondary N) is 1. The molecule has 0 atom stereocenters. The number of thioether (sulfide) groups is 1. The average molecular weight is 185 g/mol. The number of hydrogen-bond acceptors (Lipinski definition) is 4. The van der Waals surface area contributed by atoms with Crippen LogP contribution in [0.5, 0.6) is 0 Å². The van der Waals surface area contributed by atoms with Crippen molar-refractivity contribution in [3.63, 3.8) is 0 Å². The monoisotopic (exact) mass is 185 g/mol. The number of aryl methyl sites for hydroxylation is 1. The molecule has 1 N–H and O–H groups in total. The van der Waals surface area contributed by atoms with Crippen molar-refractivity contribution in [1.82, 2.24) is 15.2 Å². The van der Waals surface area contributed by atoms with Gasteiger partial charge in [-0.1, -0.05) is 11.8 Å². The van der Waals surface area contributed by atoms with Crippen molar-refractivity contribution in [1.29, 1.82) is 0 Å². The van der Waals surface area contributed by atoms with E-state index < -0.39 is 0 Å². The van der Waals surface area contributed by atoms with Crippen LogP contribution in [0.3, 0.4) is 0 Å². The van der Waals surface area contributed by atoms with E-state index in [9.17, 15) is 4.79 Å². The summed E-state index contributed by atoms with van der Waals surface area (Å²) in [6.07, 6.45) is 0.582. The van der Waals surface area contributed by atoms with Gasteiger partial charge in [0.15, 0.2) is 0 Å². The molecule has 0 aliphatic heterocycles. The van der Waals surface area contributed by atoms with Gasteiger partial charge in [-0.05, 0) is 13.8 Å². The van der Waals surface area contributed by atoms with Gasteiger partial charge in [0.25, 0.3) is 0 Å². The van der Waals surface area contributed by atoms with Crippen molar-refractivity contribution in [2.45, 2.75) is 25.4 Å². The standard InChI is InChI=1S/C7H11N3OS/c1-5(11)3-4-12-7-8-6(2)9-10-7/h3-4H2,1-2H3,(H,8,9,10). The Labute approximate surface area is 75.2 Å². The number of carbonyl (C=O) groups is 1. The van der Waals surface area contributed by atoms with E-state index in [0.717, 1.165) is 11.6 Å². The van der Waals surface area contributed by atoms with E-state index in [1.807, 2.05) is 6.92 Å². The molecule has 5 heteroatoms. The molecule has 0 aliphatic carbocycles. The summed E-state index contributed by atoms with van der Waals surface area (Å²) < 4.78 is 0. The summed E-state index contributed by atoms with van der Waals surface area (Å²) in [5.41, 5.74) is 0. The van der Waals surface area contributed by atoms with Gasteiger partial charge in [0, 0.05) is 12.2 Å². The first-order valence-corrected chi connectivity index (χ1v) is 4.68. The normalized spacial score (nSPS) is 10.2. The van der Waals surface area contributed by atoms with Crippen molar-refractivity contribution >= 4 is 17.5 Å². The molecule has 1 aromatic heterocycles. The highest BCUT2D eigenvalue weighted by Gasteiger charge is 2.00. The summed E-state index contributed by atoms with van der Waals surface area (Å²) >= 11 is 1.50. The molecule has 1 aromatic rings. The molecule has 0 saturated carbocycles. The molecule has 12 heavy (non-hydrogen) atoms. The van der Waals surface area contributed by atoms with Gasteiger partial charge >= 0.3 is 0 Å². The van der Waals surface area contributed by atoms with Crippen LogP contribution in [0, 0.1) is 6.92 Å². The molecule has 0 aliphatic rings. The molecule has 0 aromatic carbocycles. The number of hydrogen-bond donors (Lipinski definition) is 1. The minimum absolute atomic E-state index is 0.203. The quantitative estimate of drug-likeness (QED) is 0.716. The smallest absolute Gasteiger partial charge is 0.208 e. The summed E-state index contributed by atoms with van der Waals surface area (Å²) in [5, 5.41) is 7.38. The van der Waals surface area contributed by atoms with Gasteiger partial charge in [-0.2, -0.15) is 0 Å². The zero-order valence-corrected chi connectivity index (χ0v) is 7.94. The fraction of sp³-hybridized carbons (Fsp3) is 0.571. The fourth-order valence-corrected chi connectivity index (χ4v) is 1.56. The molecule has 0 fully saturated rings. The Bertz CT molecular complexity index is 271. The number of rotatable bonds is 4. The number of aromatic nitrogens is 3. The van der Waals surface area contributed by atoms with Crippen molar-refractivity contribution < 1.29 is 4.79 Å². The van der Waals surface area contributed by atoms with Crippen LogP contribution in [0.15, 0.2) is 5.16 Å². The Morgan fingerprint density at radius 2 is 2.42 bits per heavy atom. The predicted molar refractivity (Wildman–Crippen MR) is 47.1 cm³/mol. The SMILES string of the molecule is CC(=O)CCSc1n[nH]c(C)n1. The maximum Gasteiger partial charge on any atom is 0.208 e. The highest BCUT2D eigenvalue weighted by Crippen LogP contribution is 2.12. The number of H-pyrrole nitrogens is 1. The largest absolute Gasteiger partial charge is 0.300 e.